The largest absolute Gasteiger partial charge is 0.480 e. The van der Waals surface area contributed by atoms with E-state index in [1.165, 1.54) is 11.8 Å². The summed E-state index contributed by atoms with van der Waals surface area (Å²) in [5.41, 5.74) is 2.27. The number of carbonyl (C=O) groups is 2. The third-order valence-electron chi connectivity index (χ3n) is 2.95. The Bertz CT molecular complexity index is 506. The number of nitrogens with one attached hydrogen (secondary N) is 1. The van der Waals surface area contributed by atoms with E-state index < -0.39 is 12.0 Å². The van der Waals surface area contributed by atoms with Gasteiger partial charge in [-0.25, -0.2) is 4.79 Å². The Labute approximate surface area is 134 Å². The van der Waals surface area contributed by atoms with Crippen LogP contribution in [0.2, 0.25) is 0 Å². The molecule has 1 aromatic carbocycles. The van der Waals surface area contributed by atoms with Gasteiger partial charge in [-0.15, -0.1) is 11.8 Å². The van der Waals surface area contributed by atoms with Crippen LogP contribution < -0.4 is 5.32 Å². The highest BCUT2D eigenvalue weighted by Gasteiger charge is 2.19. The summed E-state index contributed by atoms with van der Waals surface area (Å²) in [6.45, 7) is 4.00. The van der Waals surface area contributed by atoms with Gasteiger partial charge in [-0.05, 0) is 43.9 Å². The van der Waals surface area contributed by atoms with E-state index in [-0.39, 0.29) is 11.7 Å². The molecule has 4 nitrogen and oxygen atoms in total. The number of hydrogen-bond donors (Lipinski definition) is 2. The number of amides is 1. The number of carboxylic acids is 1. The van der Waals surface area contributed by atoms with Gasteiger partial charge in [-0.1, -0.05) is 17.7 Å². The number of aliphatic carboxylic acids is 1. The van der Waals surface area contributed by atoms with Crippen LogP contribution in [0, 0.1) is 13.8 Å². The van der Waals surface area contributed by atoms with Gasteiger partial charge in [0.05, 0.1) is 5.75 Å². The summed E-state index contributed by atoms with van der Waals surface area (Å²) in [5.74, 6) is -0.280. The van der Waals surface area contributed by atoms with Gasteiger partial charge in [0.2, 0.25) is 5.91 Å². The van der Waals surface area contributed by atoms with Crippen molar-refractivity contribution in [1.82, 2.24) is 5.32 Å². The van der Waals surface area contributed by atoms with E-state index >= 15 is 0 Å². The fourth-order valence-corrected chi connectivity index (χ4v) is 3.14. The van der Waals surface area contributed by atoms with Gasteiger partial charge < -0.3 is 10.4 Å². The van der Waals surface area contributed by atoms with Gasteiger partial charge in [-0.3, -0.25) is 4.79 Å². The molecule has 0 aliphatic rings. The van der Waals surface area contributed by atoms with E-state index in [9.17, 15) is 9.59 Å². The average Bonchev–Trinajstić information content (AvgIpc) is 2.44. The highest BCUT2D eigenvalue weighted by atomic mass is 32.2. The minimum absolute atomic E-state index is 0.230. The summed E-state index contributed by atoms with van der Waals surface area (Å²) in [5, 5.41) is 11.7. The molecule has 1 unspecified atom stereocenters. The topological polar surface area (TPSA) is 66.4 Å². The van der Waals surface area contributed by atoms with Crippen molar-refractivity contribution in [3.8, 4) is 0 Å². The molecule has 1 atom stereocenters. The van der Waals surface area contributed by atoms with Gasteiger partial charge >= 0.3 is 5.97 Å². The SMILES string of the molecule is CSCCC(NC(=O)CSc1cc(C)ccc1C)C(=O)O. The van der Waals surface area contributed by atoms with Gasteiger partial charge in [0.15, 0.2) is 0 Å². The molecule has 1 amide bonds. The molecular weight excluding hydrogens is 306 g/mol. The zero-order chi connectivity index (χ0) is 15.8. The van der Waals surface area contributed by atoms with Crippen molar-refractivity contribution < 1.29 is 14.7 Å². The molecule has 0 aromatic heterocycles. The number of rotatable bonds is 8. The van der Waals surface area contributed by atoms with E-state index in [2.05, 4.69) is 5.32 Å². The second-order valence-electron chi connectivity index (χ2n) is 4.80. The molecule has 1 aromatic rings. The van der Waals surface area contributed by atoms with Gasteiger partial charge in [0.1, 0.15) is 6.04 Å². The smallest absolute Gasteiger partial charge is 0.326 e. The molecule has 21 heavy (non-hydrogen) atoms. The summed E-state index contributed by atoms with van der Waals surface area (Å²) in [4.78, 5) is 24.0. The zero-order valence-electron chi connectivity index (χ0n) is 12.5. The van der Waals surface area contributed by atoms with Crippen LogP contribution in [0.15, 0.2) is 23.1 Å². The first-order chi connectivity index (χ1) is 9.93. The van der Waals surface area contributed by atoms with Crippen molar-refractivity contribution in [2.45, 2.75) is 31.2 Å². The van der Waals surface area contributed by atoms with Crippen molar-refractivity contribution in [1.29, 1.82) is 0 Å². The van der Waals surface area contributed by atoms with Crippen LogP contribution in [0.3, 0.4) is 0 Å². The van der Waals surface area contributed by atoms with E-state index in [1.54, 1.807) is 11.8 Å². The zero-order valence-corrected chi connectivity index (χ0v) is 14.1. The molecule has 2 N–H and O–H groups in total. The van der Waals surface area contributed by atoms with Crippen LogP contribution in [0.25, 0.3) is 0 Å². The summed E-state index contributed by atoms with van der Waals surface area (Å²) in [6.07, 6.45) is 2.35. The maximum atomic E-state index is 11.9. The van der Waals surface area contributed by atoms with Crippen molar-refractivity contribution in [2.75, 3.05) is 17.8 Å². The number of carbonyl (C=O) groups excluding carboxylic acids is 1. The molecule has 0 saturated heterocycles. The van der Waals surface area contributed by atoms with Crippen molar-refractivity contribution in [2.24, 2.45) is 0 Å². The monoisotopic (exact) mass is 327 g/mol. The van der Waals surface area contributed by atoms with E-state index in [0.717, 1.165) is 16.0 Å². The Kier molecular flexibility index (Phi) is 7.67. The number of hydrogen-bond acceptors (Lipinski definition) is 4. The van der Waals surface area contributed by atoms with Crippen molar-refractivity contribution >= 4 is 35.4 Å². The number of thioether (sulfide) groups is 2. The lowest BCUT2D eigenvalue weighted by molar-refractivity contribution is -0.141. The lowest BCUT2D eigenvalue weighted by Crippen LogP contribution is -2.42. The molecule has 0 radical (unpaired) electrons. The summed E-state index contributed by atoms with van der Waals surface area (Å²) < 4.78 is 0. The van der Waals surface area contributed by atoms with Crippen LogP contribution in [-0.4, -0.2) is 40.8 Å². The predicted octanol–water partition coefficient (Wildman–Crippen LogP) is 2.72. The summed E-state index contributed by atoms with van der Waals surface area (Å²) in [6, 6.07) is 5.29. The molecule has 0 aliphatic heterocycles. The van der Waals surface area contributed by atoms with Gasteiger partial charge in [-0.2, -0.15) is 11.8 Å². The highest BCUT2D eigenvalue weighted by molar-refractivity contribution is 8.00. The molecule has 116 valence electrons. The molecule has 0 spiro atoms. The standard InChI is InChI=1S/C15H21NO3S2/c1-10-4-5-11(2)13(8-10)21-9-14(17)16-12(15(18)19)6-7-20-3/h4-5,8,12H,6-7,9H2,1-3H3,(H,16,17)(H,18,19). The summed E-state index contributed by atoms with van der Waals surface area (Å²) in [7, 11) is 0. The summed E-state index contributed by atoms with van der Waals surface area (Å²) >= 11 is 3.01. The fourth-order valence-electron chi connectivity index (χ4n) is 1.74. The first kappa shape index (κ1) is 17.9. The number of carboxylic acid groups (broad SMARTS) is 1. The second-order valence-corrected chi connectivity index (χ2v) is 6.80. The molecule has 0 bridgehead atoms. The van der Waals surface area contributed by atoms with Crippen LogP contribution in [0.1, 0.15) is 17.5 Å². The lowest BCUT2D eigenvalue weighted by Gasteiger charge is -2.14. The Morgan fingerprint density at radius 3 is 2.67 bits per heavy atom. The first-order valence-corrected chi connectivity index (χ1v) is 9.03. The van der Waals surface area contributed by atoms with Gasteiger partial charge in [0.25, 0.3) is 0 Å². The molecule has 0 aliphatic carbocycles. The molecule has 0 heterocycles. The van der Waals surface area contributed by atoms with Gasteiger partial charge in [0, 0.05) is 4.90 Å². The highest BCUT2D eigenvalue weighted by Crippen LogP contribution is 2.23. The van der Waals surface area contributed by atoms with Crippen molar-refractivity contribution in [3.05, 3.63) is 29.3 Å². The normalized spacial score (nSPS) is 12.0. The quantitative estimate of drug-likeness (QED) is 0.719. The Hall–Kier alpha value is -1.14. The minimum atomic E-state index is -0.978. The molecule has 6 heteroatoms. The van der Waals surface area contributed by atoms with Crippen LogP contribution in [0.5, 0.6) is 0 Å². The minimum Gasteiger partial charge on any atom is -0.480 e. The van der Waals surface area contributed by atoms with Crippen LogP contribution >= 0.6 is 23.5 Å². The predicted molar refractivity (Wildman–Crippen MR) is 89.2 cm³/mol. The number of benzene rings is 1. The van der Waals surface area contributed by atoms with Crippen LogP contribution in [0.4, 0.5) is 0 Å². The third-order valence-corrected chi connectivity index (χ3v) is 4.75. The lowest BCUT2D eigenvalue weighted by atomic mass is 10.2. The van der Waals surface area contributed by atoms with E-state index in [4.69, 9.17) is 5.11 Å². The Morgan fingerprint density at radius 1 is 1.33 bits per heavy atom. The van der Waals surface area contributed by atoms with E-state index in [0.29, 0.717) is 12.2 Å². The third kappa shape index (κ3) is 6.44. The molecule has 0 fully saturated rings. The molecular formula is C15H21NO3S2. The maximum absolute atomic E-state index is 11.9. The second kappa shape index (κ2) is 9.00. The van der Waals surface area contributed by atoms with E-state index in [1.807, 2.05) is 38.3 Å². The van der Waals surface area contributed by atoms with Crippen LogP contribution in [-0.2, 0) is 9.59 Å². The maximum Gasteiger partial charge on any atom is 0.326 e. The number of aryl methyl sites for hydroxylation is 2. The fraction of sp³-hybridized carbons (Fsp3) is 0.467. The van der Waals surface area contributed by atoms with Crippen molar-refractivity contribution in [3.63, 3.8) is 0 Å². The molecule has 1 rings (SSSR count). The first-order valence-electron chi connectivity index (χ1n) is 6.65. The Morgan fingerprint density at radius 2 is 2.05 bits per heavy atom. The Balaban J connectivity index is 2.52. The molecule has 0 saturated carbocycles. The average molecular weight is 327 g/mol.